The van der Waals surface area contributed by atoms with Crippen molar-refractivity contribution in [3.63, 3.8) is 0 Å². The molecule has 4 atom stereocenters. The van der Waals surface area contributed by atoms with Crippen molar-refractivity contribution in [2.24, 2.45) is 11.5 Å². The molecule has 0 saturated carbocycles. The fraction of sp³-hybridized carbons (Fsp3) is 0.733. The summed E-state index contributed by atoms with van der Waals surface area (Å²) < 4.78 is 0. The number of aliphatic hydroxyl groups is 2. The molecule has 12 heteroatoms. The smallest absolute Gasteiger partial charge is 0.326 e. The molecule has 0 radical (unpaired) electrons. The summed E-state index contributed by atoms with van der Waals surface area (Å²) in [7, 11) is 0. The van der Waals surface area contributed by atoms with Crippen LogP contribution in [0.2, 0.25) is 0 Å². The van der Waals surface area contributed by atoms with Crippen LogP contribution in [0.3, 0.4) is 0 Å². The first-order valence-corrected chi connectivity index (χ1v) is 8.49. The van der Waals surface area contributed by atoms with Crippen LogP contribution in [0.25, 0.3) is 0 Å². The highest BCUT2D eigenvalue weighted by Gasteiger charge is 2.29. The van der Waals surface area contributed by atoms with E-state index in [9.17, 15) is 29.4 Å². The van der Waals surface area contributed by atoms with Crippen LogP contribution in [0.15, 0.2) is 0 Å². The highest BCUT2D eigenvalue weighted by molar-refractivity contribution is 5.94. The van der Waals surface area contributed by atoms with Gasteiger partial charge in [0.25, 0.3) is 0 Å². The quantitative estimate of drug-likeness (QED) is 0.143. The van der Waals surface area contributed by atoms with Gasteiger partial charge in [0.15, 0.2) is 0 Å². The number of aliphatic hydroxyl groups excluding tert-OH is 2. The van der Waals surface area contributed by atoms with E-state index in [1.807, 2.05) is 0 Å². The summed E-state index contributed by atoms with van der Waals surface area (Å²) in [6.45, 7) is 0.181. The molecule has 0 aromatic carbocycles. The average Bonchev–Trinajstić information content (AvgIpc) is 2.62. The molecule has 4 unspecified atom stereocenters. The minimum atomic E-state index is -1.46. The van der Waals surface area contributed by atoms with Gasteiger partial charge in [-0.3, -0.25) is 14.4 Å². The van der Waals surface area contributed by atoms with Gasteiger partial charge in [-0.2, -0.15) is 0 Å². The molecule has 0 aromatic heterocycles. The van der Waals surface area contributed by atoms with Crippen molar-refractivity contribution >= 4 is 23.7 Å². The van der Waals surface area contributed by atoms with Gasteiger partial charge < -0.3 is 42.7 Å². The number of hydrogen-bond acceptors (Lipinski definition) is 8. The summed E-state index contributed by atoms with van der Waals surface area (Å²) in [5.41, 5.74) is 10.7. The second-order valence-electron chi connectivity index (χ2n) is 5.96. The van der Waals surface area contributed by atoms with Gasteiger partial charge in [-0.1, -0.05) is 0 Å². The van der Waals surface area contributed by atoms with E-state index in [1.165, 1.54) is 6.92 Å². The second kappa shape index (κ2) is 13.0. The van der Waals surface area contributed by atoms with Crippen LogP contribution < -0.4 is 27.4 Å². The van der Waals surface area contributed by atoms with E-state index in [0.29, 0.717) is 19.4 Å². The van der Waals surface area contributed by atoms with Crippen molar-refractivity contribution < 1.29 is 34.5 Å². The molecular weight excluding hydrogens is 362 g/mol. The lowest BCUT2D eigenvalue weighted by Gasteiger charge is -2.23. The fourth-order valence-corrected chi connectivity index (χ4v) is 1.99. The maximum Gasteiger partial charge on any atom is 0.326 e. The van der Waals surface area contributed by atoms with E-state index >= 15 is 0 Å². The summed E-state index contributed by atoms with van der Waals surface area (Å²) in [6.07, 6.45) is 1.19. The largest absolute Gasteiger partial charge is 0.480 e. The minimum Gasteiger partial charge on any atom is -0.480 e. The molecule has 12 nitrogen and oxygen atoms in total. The summed E-state index contributed by atoms with van der Waals surface area (Å²) in [4.78, 5) is 47.0. The Morgan fingerprint density at radius 3 is 1.67 bits per heavy atom. The highest BCUT2D eigenvalue weighted by atomic mass is 16.4. The highest BCUT2D eigenvalue weighted by Crippen LogP contribution is 2.02. The molecule has 0 fully saturated rings. The Bertz CT molecular complexity index is 515. The van der Waals surface area contributed by atoms with E-state index in [4.69, 9.17) is 16.6 Å². The molecule has 0 rings (SSSR count). The number of hydrogen-bond donors (Lipinski definition) is 8. The van der Waals surface area contributed by atoms with Crippen LogP contribution in [0.1, 0.15) is 26.2 Å². The molecule has 0 saturated heterocycles. The maximum atomic E-state index is 12.2. The van der Waals surface area contributed by atoms with E-state index in [2.05, 4.69) is 16.0 Å². The Hall–Kier alpha value is -2.28. The van der Waals surface area contributed by atoms with Crippen LogP contribution >= 0.6 is 0 Å². The number of carboxylic acid groups (broad SMARTS) is 1. The Balaban J connectivity index is 4.87. The molecular formula is C15H29N5O7. The molecule has 0 aromatic rings. The zero-order chi connectivity index (χ0) is 21.0. The molecule has 0 aliphatic carbocycles. The van der Waals surface area contributed by atoms with E-state index in [1.54, 1.807) is 0 Å². The summed E-state index contributed by atoms with van der Waals surface area (Å²) in [6, 6.07) is -4.98. The average molecular weight is 391 g/mol. The van der Waals surface area contributed by atoms with Gasteiger partial charge in [-0.05, 0) is 32.7 Å². The maximum absolute atomic E-state index is 12.2. The molecule has 3 amide bonds. The van der Waals surface area contributed by atoms with Gasteiger partial charge in [-0.25, -0.2) is 4.79 Å². The van der Waals surface area contributed by atoms with Gasteiger partial charge in [0.2, 0.25) is 17.7 Å². The number of carbonyl (C=O) groups is 4. The lowest BCUT2D eigenvalue weighted by Crippen LogP contribution is -2.58. The SMILES string of the molecule is CC(N)C(=O)NC(CO)C(=O)NC(CO)C(=O)NC(CCCCN)C(=O)O. The molecule has 0 aliphatic rings. The Morgan fingerprint density at radius 2 is 1.30 bits per heavy atom. The van der Waals surface area contributed by atoms with Crippen molar-refractivity contribution in [3.8, 4) is 0 Å². The van der Waals surface area contributed by atoms with Crippen molar-refractivity contribution in [1.29, 1.82) is 0 Å². The number of carboxylic acids is 1. The van der Waals surface area contributed by atoms with Crippen molar-refractivity contribution in [1.82, 2.24) is 16.0 Å². The predicted molar refractivity (Wildman–Crippen MR) is 94.2 cm³/mol. The first-order chi connectivity index (χ1) is 12.7. The first-order valence-electron chi connectivity index (χ1n) is 8.49. The minimum absolute atomic E-state index is 0.133. The van der Waals surface area contributed by atoms with Gasteiger partial charge in [0.05, 0.1) is 19.3 Å². The number of rotatable bonds is 13. The summed E-state index contributed by atoms with van der Waals surface area (Å²) in [5, 5.41) is 34.2. The monoisotopic (exact) mass is 391 g/mol. The van der Waals surface area contributed by atoms with Crippen LogP contribution in [0.4, 0.5) is 0 Å². The van der Waals surface area contributed by atoms with Crippen molar-refractivity contribution in [3.05, 3.63) is 0 Å². The summed E-state index contributed by atoms with van der Waals surface area (Å²) >= 11 is 0. The molecule has 10 N–H and O–H groups in total. The Morgan fingerprint density at radius 1 is 0.852 bits per heavy atom. The lowest BCUT2D eigenvalue weighted by molar-refractivity contribution is -0.142. The third-order valence-electron chi connectivity index (χ3n) is 3.61. The van der Waals surface area contributed by atoms with Crippen LogP contribution in [-0.2, 0) is 19.2 Å². The van der Waals surface area contributed by atoms with E-state index < -0.39 is 61.1 Å². The van der Waals surface area contributed by atoms with Crippen molar-refractivity contribution in [2.45, 2.75) is 50.4 Å². The van der Waals surface area contributed by atoms with Gasteiger partial charge in [0.1, 0.15) is 18.1 Å². The second-order valence-corrected chi connectivity index (χ2v) is 5.96. The van der Waals surface area contributed by atoms with E-state index in [0.717, 1.165) is 0 Å². The molecule has 156 valence electrons. The number of unbranched alkanes of at least 4 members (excludes halogenated alkanes) is 1. The van der Waals surface area contributed by atoms with Crippen molar-refractivity contribution in [2.75, 3.05) is 19.8 Å². The Labute approximate surface area is 156 Å². The standard InChI is InChI=1S/C15H29N5O7/c1-8(17)12(23)19-10(6-21)14(25)20-11(7-22)13(24)18-9(15(26)27)4-2-3-5-16/h8-11,21-22H,2-7,16-17H2,1H3,(H,18,24)(H,19,23)(H,20,25)(H,26,27). The molecule has 27 heavy (non-hydrogen) atoms. The van der Waals surface area contributed by atoms with Crippen LogP contribution in [-0.4, -0.2) is 82.9 Å². The Kier molecular flexibility index (Phi) is 11.9. The van der Waals surface area contributed by atoms with Gasteiger partial charge >= 0.3 is 5.97 Å². The molecule has 0 spiro atoms. The number of nitrogens with two attached hydrogens (primary N) is 2. The van der Waals surface area contributed by atoms with E-state index in [-0.39, 0.29) is 6.42 Å². The topological polar surface area (TPSA) is 217 Å². The third-order valence-corrected chi connectivity index (χ3v) is 3.61. The van der Waals surface area contributed by atoms with Gasteiger partial charge in [0, 0.05) is 0 Å². The molecule has 0 bridgehead atoms. The first kappa shape index (κ1) is 24.7. The van der Waals surface area contributed by atoms with Crippen LogP contribution in [0, 0.1) is 0 Å². The normalized spacial score (nSPS) is 15.1. The number of carbonyl (C=O) groups excluding carboxylic acids is 3. The lowest BCUT2D eigenvalue weighted by atomic mass is 10.1. The number of nitrogens with one attached hydrogen (secondary N) is 3. The zero-order valence-electron chi connectivity index (χ0n) is 15.2. The number of amides is 3. The predicted octanol–water partition coefficient (Wildman–Crippen LogP) is -4.01. The van der Waals surface area contributed by atoms with Crippen LogP contribution in [0.5, 0.6) is 0 Å². The molecule has 0 aliphatic heterocycles. The molecule has 0 heterocycles. The third kappa shape index (κ3) is 9.28. The van der Waals surface area contributed by atoms with Gasteiger partial charge in [-0.15, -0.1) is 0 Å². The number of aliphatic carboxylic acids is 1. The summed E-state index contributed by atoms with van der Waals surface area (Å²) in [5.74, 6) is -3.81. The zero-order valence-corrected chi connectivity index (χ0v) is 15.2. The fourth-order valence-electron chi connectivity index (χ4n) is 1.99.